The summed E-state index contributed by atoms with van der Waals surface area (Å²) in [5, 5.41) is 9.32. The van der Waals surface area contributed by atoms with Crippen molar-refractivity contribution in [2.24, 2.45) is 0 Å². The molecule has 6 heteroatoms. The molecule has 0 fully saturated rings. The van der Waals surface area contributed by atoms with E-state index in [9.17, 15) is 19.5 Å². The van der Waals surface area contributed by atoms with Crippen LogP contribution in [0.25, 0.3) is 0 Å². The van der Waals surface area contributed by atoms with Crippen LogP contribution in [0.4, 0.5) is 0 Å². The van der Waals surface area contributed by atoms with E-state index in [2.05, 4.69) is 0 Å². The number of rotatable bonds is 6. The van der Waals surface area contributed by atoms with Gasteiger partial charge in [-0.3, -0.25) is 14.5 Å². The lowest BCUT2D eigenvalue weighted by Crippen LogP contribution is -2.44. The Kier molecular flexibility index (Phi) is 4.37. The Labute approximate surface area is 122 Å². The van der Waals surface area contributed by atoms with Gasteiger partial charge in [-0.2, -0.15) is 0 Å². The number of nitrogens with zero attached hydrogens (tertiary/aromatic N) is 1. The number of methoxy groups -OCH3 is 1. The fourth-order valence-corrected chi connectivity index (χ4v) is 2.44. The first kappa shape index (κ1) is 15.2. The fourth-order valence-electron chi connectivity index (χ4n) is 2.44. The van der Waals surface area contributed by atoms with E-state index in [1.165, 1.54) is 7.11 Å². The summed E-state index contributed by atoms with van der Waals surface area (Å²) in [6.07, 6.45) is 0.632. The molecule has 2 amide bonds. The highest BCUT2D eigenvalue weighted by Gasteiger charge is 2.42. The van der Waals surface area contributed by atoms with Crippen molar-refractivity contribution in [2.45, 2.75) is 25.8 Å². The zero-order valence-electron chi connectivity index (χ0n) is 12.0. The monoisotopic (exact) mass is 291 g/mol. The van der Waals surface area contributed by atoms with Gasteiger partial charge in [-0.15, -0.1) is 0 Å². The van der Waals surface area contributed by atoms with Gasteiger partial charge < -0.3 is 9.84 Å². The number of hydrogen-bond donors (Lipinski definition) is 1. The Balaban J connectivity index is 2.29. The topological polar surface area (TPSA) is 83.9 Å². The summed E-state index contributed by atoms with van der Waals surface area (Å²) < 4.78 is 4.88. The largest absolute Gasteiger partial charge is 0.480 e. The zero-order chi connectivity index (χ0) is 15.6. The van der Waals surface area contributed by atoms with Crippen molar-refractivity contribution in [1.82, 2.24) is 4.90 Å². The maximum absolute atomic E-state index is 12.3. The molecular formula is C15H17NO5. The van der Waals surface area contributed by atoms with Crippen molar-refractivity contribution >= 4 is 17.8 Å². The average Bonchev–Trinajstić information content (AvgIpc) is 2.67. The standard InChI is InChI=1S/C15H17NO5/c1-9-5-6-10-11(8-9)14(18)16(13(10)17)12(15(19)20)4-3-7-21-2/h5-6,8,12H,3-4,7H2,1-2H3,(H,19,20). The summed E-state index contributed by atoms with van der Waals surface area (Å²) in [6.45, 7) is 2.19. The Morgan fingerprint density at radius 3 is 2.57 bits per heavy atom. The van der Waals surface area contributed by atoms with Crippen molar-refractivity contribution in [2.75, 3.05) is 13.7 Å². The highest BCUT2D eigenvalue weighted by atomic mass is 16.5. The number of fused-ring (bicyclic) bond motifs is 1. The van der Waals surface area contributed by atoms with E-state index in [-0.39, 0.29) is 17.5 Å². The number of benzene rings is 1. The molecule has 1 unspecified atom stereocenters. The lowest BCUT2D eigenvalue weighted by Gasteiger charge is -2.22. The van der Waals surface area contributed by atoms with E-state index in [0.717, 1.165) is 10.5 Å². The predicted octanol–water partition coefficient (Wildman–Crippen LogP) is 1.47. The molecule has 0 bridgehead atoms. The zero-order valence-corrected chi connectivity index (χ0v) is 12.0. The van der Waals surface area contributed by atoms with Crippen molar-refractivity contribution < 1.29 is 24.2 Å². The number of carboxylic acids is 1. The summed E-state index contributed by atoms with van der Waals surface area (Å²) in [4.78, 5) is 36.9. The highest BCUT2D eigenvalue weighted by molar-refractivity contribution is 6.22. The molecule has 0 radical (unpaired) electrons. The quantitative estimate of drug-likeness (QED) is 0.634. The molecule has 1 N–H and O–H groups in total. The number of carbonyl (C=O) groups excluding carboxylic acids is 2. The van der Waals surface area contributed by atoms with E-state index in [1.807, 2.05) is 6.92 Å². The minimum atomic E-state index is -1.18. The summed E-state index contributed by atoms with van der Waals surface area (Å²) in [5.74, 6) is -2.26. The van der Waals surface area contributed by atoms with Crippen LogP contribution in [0.1, 0.15) is 39.1 Å². The number of amides is 2. The molecule has 0 spiro atoms. The molecule has 1 atom stereocenters. The van der Waals surface area contributed by atoms with Crippen LogP contribution in [-0.2, 0) is 9.53 Å². The number of ether oxygens (including phenoxy) is 1. The molecule has 112 valence electrons. The molecule has 0 aromatic heterocycles. The van der Waals surface area contributed by atoms with Crippen molar-refractivity contribution in [3.63, 3.8) is 0 Å². The molecule has 1 aliphatic heterocycles. The van der Waals surface area contributed by atoms with E-state index < -0.39 is 23.8 Å². The summed E-state index contributed by atoms with van der Waals surface area (Å²) >= 11 is 0. The highest BCUT2D eigenvalue weighted by Crippen LogP contribution is 2.27. The first-order chi connectivity index (χ1) is 9.97. The van der Waals surface area contributed by atoms with Crippen LogP contribution in [0.5, 0.6) is 0 Å². The summed E-state index contributed by atoms with van der Waals surface area (Å²) in [7, 11) is 1.51. The molecule has 1 heterocycles. The van der Waals surface area contributed by atoms with Gasteiger partial charge in [-0.1, -0.05) is 11.6 Å². The van der Waals surface area contributed by atoms with Gasteiger partial charge in [0, 0.05) is 13.7 Å². The smallest absolute Gasteiger partial charge is 0.326 e. The molecule has 1 aromatic carbocycles. The minimum absolute atomic E-state index is 0.174. The Hall–Kier alpha value is -2.21. The lowest BCUT2D eigenvalue weighted by molar-refractivity contribution is -0.141. The molecule has 2 rings (SSSR count). The molecule has 21 heavy (non-hydrogen) atoms. The average molecular weight is 291 g/mol. The number of imide groups is 1. The van der Waals surface area contributed by atoms with Crippen LogP contribution in [-0.4, -0.2) is 47.5 Å². The maximum atomic E-state index is 12.3. The van der Waals surface area contributed by atoms with Gasteiger partial charge in [0.25, 0.3) is 11.8 Å². The number of hydrogen-bond acceptors (Lipinski definition) is 4. The van der Waals surface area contributed by atoms with E-state index in [0.29, 0.717) is 13.0 Å². The number of aryl methyl sites for hydroxylation is 1. The van der Waals surface area contributed by atoms with Gasteiger partial charge in [0.1, 0.15) is 6.04 Å². The van der Waals surface area contributed by atoms with Crippen molar-refractivity contribution in [3.8, 4) is 0 Å². The number of carbonyl (C=O) groups is 3. The first-order valence-electron chi connectivity index (χ1n) is 6.67. The van der Waals surface area contributed by atoms with Gasteiger partial charge in [0.05, 0.1) is 11.1 Å². The Bertz CT molecular complexity index is 596. The van der Waals surface area contributed by atoms with Crippen LogP contribution >= 0.6 is 0 Å². The Morgan fingerprint density at radius 2 is 1.95 bits per heavy atom. The van der Waals surface area contributed by atoms with Gasteiger partial charge in [0.15, 0.2) is 0 Å². The maximum Gasteiger partial charge on any atom is 0.326 e. The first-order valence-corrected chi connectivity index (χ1v) is 6.67. The number of aliphatic carboxylic acids is 1. The second-order valence-corrected chi connectivity index (χ2v) is 5.02. The van der Waals surface area contributed by atoms with Gasteiger partial charge >= 0.3 is 5.97 Å². The van der Waals surface area contributed by atoms with Gasteiger partial charge in [-0.25, -0.2) is 4.79 Å². The predicted molar refractivity (Wildman–Crippen MR) is 74.2 cm³/mol. The summed E-state index contributed by atoms with van der Waals surface area (Å²) in [6, 6.07) is 3.75. The van der Waals surface area contributed by atoms with Gasteiger partial charge in [0.2, 0.25) is 0 Å². The van der Waals surface area contributed by atoms with Crippen molar-refractivity contribution in [1.29, 1.82) is 0 Å². The molecule has 6 nitrogen and oxygen atoms in total. The normalized spacial score (nSPS) is 15.2. The Morgan fingerprint density at radius 1 is 1.29 bits per heavy atom. The van der Waals surface area contributed by atoms with Crippen LogP contribution in [0.15, 0.2) is 18.2 Å². The third-order valence-corrected chi connectivity index (χ3v) is 3.50. The molecule has 0 saturated heterocycles. The molecular weight excluding hydrogens is 274 g/mol. The molecule has 1 aromatic rings. The molecule has 1 aliphatic rings. The third-order valence-electron chi connectivity index (χ3n) is 3.50. The van der Waals surface area contributed by atoms with Crippen LogP contribution in [0.2, 0.25) is 0 Å². The summed E-state index contributed by atoms with van der Waals surface area (Å²) in [5.41, 5.74) is 1.39. The SMILES string of the molecule is COCCCC(C(=O)O)N1C(=O)c2ccc(C)cc2C1=O. The lowest BCUT2D eigenvalue weighted by atomic mass is 10.1. The third kappa shape index (κ3) is 2.80. The molecule has 0 aliphatic carbocycles. The van der Waals surface area contributed by atoms with E-state index >= 15 is 0 Å². The van der Waals surface area contributed by atoms with E-state index in [4.69, 9.17) is 4.74 Å². The second-order valence-electron chi connectivity index (χ2n) is 5.02. The molecule has 0 saturated carbocycles. The van der Waals surface area contributed by atoms with Crippen molar-refractivity contribution in [3.05, 3.63) is 34.9 Å². The van der Waals surface area contributed by atoms with Crippen LogP contribution in [0, 0.1) is 6.92 Å². The fraction of sp³-hybridized carbons (Fsp3) is 0.400. The van der Waals surface area contributed by atoms with Crippen LogP contribution in [0.3, 0.4) is 0 Å². The van der Waals surface area contributed by atoms with Crippen LogP contribution < -0.4 is 0 Å². The number of carboxylic acid groups (broad SMARTS) is 1. The van der Waals surface area contributed by atoms with Gasteiger partial charge in [-0.05, 0) is 31.9 Å². The minimum Gasteiger partial charge on any atom is -0.480 e. The van der Waals surface area contributed by atoms with E-state index in [1.54, 1.807) is 18.2 Å². The second kappa shape index (κ2) is 6.05.